The van der Waals surface area contributed by atoms with Crippen molar-refractivity contribution >= 4 is 12.0 Å². The third kappa shape index (κ3) is 5.84. The van der Waals surface area contributed by atoms with E-state index in [0.717, 1.165) is 17.5 Å². The lowest BCUT2D eigenvalue weighted by molar-refractivity contribution is -0.136. The van der Waals surface area contributed by atoms with E-state index in [9.17, 15) is 14.9 Å². The first-order chi connectivity index (χ1) is 17.6. The van der Waals surface area contributed by atoms with E-state index < -0.39 is 23.8 Å². The molecular formula is C26H35N7O4. The quantitative estimate of drug-likeness (QED) is 0.623. The van der Waals surface area contributed by atoms with E-state index in [2.05, 4.69) is 40.5 Å². The summed E-state index contributed by atoms with van der Waals surface area (Å²) in [5.74, 6) is 1.18. The SMILES string of the molecule is CC(C)c1cc(-c2nn[nH]n2)ccc1OC[C@@H]1CC[C@H](C(=O)N2CCC[C@H]2C#N)N1C(=O)OC(C)(C)C. The Labute approximate surface area is 217 Å². The number of likely N-dealkylation sites (tertiary alicyclic amines) is 2. The summed E-state index contributed by atoms with van der Waals surface area (Å²) in [6, 6.07) is 6.47. The minimum absolute atomic E-state index is 0.166. The van der Waals surface area contributed by atoms with E-state index in [1.165, 1.54) is 4.90 Å². The second-order valence-electron chi connectivity index (χ2n) is 10.9. The molecule has 0 bridgehead atoms. The average Bonchev–Trinajstić information content (AvgIpc) is 3.61. The Bertz CT molecular complexity index is 1150. The van der Waals surface area contributed by atoms with Gasteiger partial charge >= 0.3 is 6.09 Å². The van der Waals surface area contributed by atoms with Crippen LogP contribution in [0.4, 0.5) is 4.79 Å². The van der Waals surface area contributed by atoms with Crippen molar-refractivity contribution in [2.24, 2.45) is 0 Å². The van der Waals surface area contributed by atoms with Gasteiger partial charge in [-0.25, -0.2) is 4.79 Å². The van der Waals surface area contributed by atoms with E-state index in [0.29, 0.717) is 37.4 Å². The highest BCUT2D eigenvalue weighted by molar-refractivity contribution is 5.87. The Morgan fingerprint density at radius 1 is 1.24 bits per heavy atom. The number of H-pyrrole nitrogens is 1. The van der Waals surface area contributed by atoms with Crippen molar-refractivity contribution in [2.45, 2.75) is 89.9 Å². The van der Waals surface area contributed by atoms with Gasteiger partial charge in [0, 0.05) is 12.1 Å². The molecule has 2 saturated heterocycles. The molecule has 2 aromatic rings. The van der Waals surface area contributed by atoms with Crippen molar-refractivity contribution in [3.8, 4) is 23.2 Å². The van der Waals surface area contributed by atoms with Crippen LogP contribution in [0.1, 0.15) is 71.8 Å². The third-order valence-corrected chi connectivity index (χ3v) is 6.74. The molecule has 4 rings (SSSR count). The molecule has 0 radical (unpaired) electrons. The van der Waals surface area contributed by atoms with Crippen LogP contribution in [0.2, 0.25) is 0 Å². The number of nitrogens with zero attached hydrogens (tertiary/aromatic N) is 6. The van der Waals surface area contributed by atoms with Crippen molar-refractivity contribution in [3.63, 3.8) is 0 Å². The van der Waals surface area contributed by atoms with Gasteiger partial charge in [0.05, 0.1) is 12.1 Å². The number of hydrogen-bond donors (Lipinski definition) is 1. The van der Waals surface area contributed by atoms with Crippen molar-refractivity contribution < 1.29 is 19.1 Å². The Morgan fingerprint density at radius 2 is 2.03 bits per heavy atom. The molecule has 11 heteroatoms. The van der Waals surface area contributed by atoms with Crippen LogP contribution in [0.15, 0.2) is 18.2 Å². The normalized spacial score (nSPS) is 21.8. The zero-order chi connectivity index (χ0) is 26.7. The highest BCUT2D eigenvalue weighted by Crippen LogP contribution is 2.33. The number of carbonyl (C=O) groups excluding carboxylic acids is 2. The van der Waals surface area contributed by atoms with Crippen molar-refractivity contribution in [1.29, 1.82) is 5.26 Å². The molecule has 2 amide bonds. The number of aromatic nitrogens is 4. The molecule has 37 heavy (non-hydrogen) atoms. The lowest BCUT2D eigenvalue weighted by Crippen LogP contribution is -2.53. The zero-order valence-electron chi connectivity index (χ0n) is 22.1. The number of rotatable bonds is 6. The fourth-order valence-electron chi connectivity index (χ4n) is 4.98. The van der Waals surface area contributed by atoms with Crippen LogP contribution in [-0.2, 0) is 9.53 Å². The first kappa shape index (κ1) is 26.4. The molecule has 2 aliphatic rings. The van der Waals surface area contributed by atoms with Crippen LogP contribution in [-0.4, -0.2) is 79.3 Å². The summed E-state index contributed by atoms with van der Waals surface area (Å²) in [6.07, 6.45) is 1.99. The van der Waals surface area contributed by atoms with Crippen molar-refractivity contribution in [2.75, 3.05) is 13.2 Å². The zero-order valence-corrected chi connectivity index (χ0v) is 22.1. The predicted octanol–water partition coefficient (Wildman–Crippen LogP) is 3.65. The van der Waals surface area contributed by atoms with Gasteiger partial charge in [-0.1, -0.05) is 13.8 Å². The van der Waals surface area contributed by atoms with E-state index in [4.69, 9.17) is 9.47 Å². The second kappa shape index (κ2) is 10.7. The minimum atomic E-state index is -0.711. The number of hydrogen-bond acceptors (Lipinski definition) is 8. The molecule has 0 saturated carbocycles. The molecule has 1 aromatic carbocycles. The van der Waals surface area contributed by atoms with Crippen molar-refractivity contribution in [1.82, 2.24) is 30.4 Å². The first-order valence-electron chi connectivity index (χ1n) is 12.8. The van der Waals surface area contributed by atoms with Gasteiger partial charge in [0.1, 0.15) is 30.0 Å². The van der Waals surface area contributed by atoms with E-state index >= 15 is 0 Å². The summed E-state index contributed by atoms with van der Waals surface area (Å²) >= 11 is 0. The Balaban J connectivity index is 1.54. The van der Waals surface area contributed by atoms with Gasteiger partial charge < -0.3 is 14.4 Å². The van der Waals surface area contributed by atoms with Gasteiger partial charge in [0.2, 0.25) is 11.7 Å². The number of nitriles is 1. The first-order valence-corrected chi connectivity index (χ1v) is 12.8. The molecule has 11 nitrogen and oxygen atoms in total. The smallest absolute Gasteiger partial charge is 0.411 e. The van der Waals surface area contributed by atoms with Crippen molar-refractivity contribution in [3.05, 3.63) is 23.8 Å². The minimum Gasteiger partial charge on any atom is -0.491 e. The second-order valence-corrected chi connectivity index (χ2v) is 10.9. The molecule has 2 aliphatic heterocycles. The van der Waals surface area contributed by atoms with Crippen LogP contribution >= 0.6 is 0 Å². The maximum Gasteiger partial charge on any atom is 0.411 e. The lowest BCUT2D eigenvalue weighted by atomic mass is 9.99. The molecule has 198 valence electrons. The number of carbonyl (C=O) groups is 2. The fraction of sp³-hybridized carbons (Fsp3) is 0.615. The van der Waals surface area contributed by atoms with Crippen LogP contribution in [0.3, 0.4) is 0 Å². The molecule has 1 aromatic heterocycles. The summed E-state index contributed by atoms with van der Waals surface area (Å²) in [4.78, 5) is 29.9. The number of benzene rings is 1. The maximum absolute atomic E-state index is 13.5. The van der Waals surface area contributed by atoms with Gasteiger partial charge in [0.25, 0.3) is 0 Å². The predicted molar refractivity (Wildman–Crippen MR) is 134 cm³/mol. The number of ether oxygens (including phenoxy) is 2. The average molecular weight is 510 g/mol. The highest BCUT2D eigenvalue weighted by atomic mass is 16.6. The Morgan fingerprint density at radius 3 is 2.68 bits per heavy atom. The summed E-state index contributed by atoms with van der Waals surface area (Å²) < 4.78 is 12.0. The number of tetrazole rings is 1. The molecule has 0 spiro atoms. The molecule has 1 N–H and O–H groups in total. The Hall–Kier alpha value is -3.68. The summed E-state index contributed by atoms with van der Waals surface area (Å²) in [5.41, 5.74) is 1.09. The Kier molecular flexibility index (Phi) is 7.66. The standard InChI is InChI=1S/C26H35N7O4/c1-16(2)20-13-17(23-28-30-31-29-23)8-11-22(20)36-15-19-9-10-21(33(19)25(35)37-26(3,4)5)24(34)32-12-6-7-18(32)14-27/h8,11,13,16,18-19,21H,6-7,9-10,12,15H2,1-5H3,(H,28,29,30,31)/t18-,19-,21+/m0/s1. The van der Waals surface area contributed by atoms with Gasteiger partial charge in [0.15, 0.2) is 0 Å². The summed E-state index contributed by atoms with van der Waals surface area (Å²) in [7, 11) is 0. The molecular weight excluding hydrogens is 474 g/mol. The fourth-order valence-corrected chi connectivity index (χ4v) is 4.98. The van der Waals surface area contributed by atoms with Crippen LogP contribution in [0.5, 0.6) is 5.75 Å². The molecule has 3 atom stereocenters. The molecule has 3 heterocycles. The van der Waals surface area contributed by atoms with Crippen LogP contribution in [0, 0.1) is 11.3 Å². The molecule has 0 unspecified atom stereocenters. The van der Waals surface area contributed by atoms with Gasteiger partial charge in [-0.3, -0.25) is 9.69 Å². The lowest BCUT2D eigenvalue weighted by Gasteiger charge is -2.34. The van der Waals surface area contributed by atoms with Gasteiger partial charge in [-0.05, 0) is 81.3 Å². The van der Waals surface area contributed by atoms with E-state index in [-0.39, 0.29) is 24.5 Å². The largest absolute Gasteiger partial charge is 0.491 e. The maximum atomic E-state index is 13.5. The third-order valence-electron chi connectivity index (χ3n) is 6.74. The number of aromatic amines is 1. The number of amides is 2. The summed E-state index contributed by atoms with van der Waals surface area (Å²) in [5, 5.41) is 23.7. The number of nitrogens with one attached hydrogen (secondary N) is 1. The topological polar surface area (TPSA) is 137 Å². The summed E-state index contributed by atoms with van der Waals surface area (Å²) in [6.45, 7) is 10.3. The van der Waals surface area contributed by atoms with E-state index in [1.807, 2.05) is 18.2 Å². The molecule has 0 aliphatic carbocycles. The van der Waals surface area contributed by atoms with Gasteiger partial charge in [-0.15, -0.1) is 10.2 Å². The van der Waals surface area contributed by atoms with Gasteiger partial charge in [-0.2, -0.15) is 10.5 Å². The molecule has 2 fully saturated rings. The highest BCUT2D eigenvalue weighted by Gasteiger charge is 2.46. The van der Waals surface area contributed by atoms with E-state index in [1.54, 1.807) is 25.7 Å². The van der Waals surface area contributed by atoms with Crippen LogP contribution < -0.4 is 4.74 Å². The van der Waals surface area contributed by atoms with Crippen LogP contribution in [0.25, 0.3) is 11.4 Å². The monoisotopic (exact) mass is 509 g/mol.